The number of rotatable bonds is 1. The second-order valence-electron chi connectivity index (χ2n) is 6.00. The van der Waals surface area contributed by atoms with E-state index in [1.54, 1.807) is 12.1 Å². The monoisotopic (exact) mass is 268 g/mol. The number of aryl methyl sites for hydroxylation is 2. The van der Waals surface area contributed by atoms with Crippen molar-refractivity contribution in [1.82, 2.24) is 0 Å². The fraction of sp³-hybridized carbons (Fsp3) is 0.333. The van der Waals surface area contributed by atoms with Crippen LogP contribution in [0.4, 0.5) is 4.39 Å². The summed E-state index contributed by atoms with van der Waals surface area (Å²) in [6, 6.07) is 13.0. The van der Waals surface area contributed by atoms with Gasteiger partial charge < -0.3 is 5.11 Å². The largest absolute Gasteiger partial charge is 0.380 e. The molecule has 0 radical (unpaired) electrons. The molecule has 1 unspecified atom stereocenters. The van der Waals surface area contributed by atoms with Crippen molar-refractivity contribution in [2.75, 3.05) is 0 Å². The van der Waals surface area contributed by atoms with Crippen LogP contribution in [-0.2, 0) is 18.4 Å². The van der Waals surface area contributed by atoms with Crippen LogP contribution in [0, 0.1) is 11.7 Å². The van der Waals surface area contributed by atoms with Gasteiger partial charge in [0.15, 0.2) is 0 Å². The molecule has 2 aliphatic carbocycles. The Morgan fingerprint density at radius 1 is 0.950 bits per heavy atom. The van der Waals surface area contributed by atoms with Crippen molar-refractivity contribution in [3.8, 4) is 0 Å². The van der Waals surface area contributed by atoms with Gasteiger partial charge in [-0.3, -0.25) is 0 Å². The summed E-state index contributed by atoms with van der Waals surface area (Å²) < 4.78 is 13.5. The van der Waals surface area contributed by atoms with E-state index in [0.29, 0.717) is 0 Å². The highest BCUT2D eigenvalue weighted by atomic mass is 19.1. The number of hydrogen-bond donors (Lipinski definition) is 1. The fourth-order valence-corrected chi connectivity index (χ4v) is 3.61. The van der Waals surface area contributed by atoms with Crippen molar-refractivity contribution >= 4 is 0 Å². The molecule has 1 atom stereocenters. The van der Waals surface area contributed by atoms with E-state index >= 15 is 0 Å². The highest BCUT2D eigenvalue weighted by Crippen LogP contribution is 2.52. The third kappa shape index (κ3) is 1.64. The fourth-order valence-electron chi connectivity index (χ4n) is 3.61. The molecule has 2 aliphatic rings. The van der Waals surface area contributed by atoms with E-state index in [4.69, 9.17) is 0 Å². The van der Waals surface area contributed by atoms with Gasteiger partial charge in [-0.2, -0.15) is 0 Å². The molecule has 0 amide bonds. The van der Waals surface area contributed by atoms with Crippen LogP contribution in [0.25, 0.3) is 0 Å². The smallest absolute Gasteiger partial charge is 0.123 e. The maximum absolute atomic E-state index is 13.5. The summed E-state index contributed by atoms with van der Waals surface area (Å²) >= 11 is 0. The summed E-state index contributed by atoms with van der Waals surface area (Å²) in [5.41, 5.74) is 3.14. The Bertz CT molecular complexity index is 675. The zero-order valence-electron chi connectivity index (χ0n) is 11.3. The zero-order valence-corrected chi connectivity index (χ0v) is 11.3. The molecule has 0 aliphatic heterocycles. The first kappa shape index (κ1) is 12.1. The Morgan fingerprint density at radius 3 is 2.45 bits per heavy atom. The number of aliphatic hydroxyl groups is 1. The molecule has 4 rings (SSSR count). The van der Waals surface area contributed by atoms with Gasteiger partial charge >= 0.3 is 0 Å². The van der Waals surface area contributed by atoms with E-state index in [1.165, 1.54) is 11.6 Å². The van der Waals surface area contributed by atoms with Gasteiger partial charge in [0.2, 0.25) is 0 Å². The van der Waals surface area contributed by atoms with Crippen molar-refractivity contribution in [3.63, 3.8) is 0 Å². The molecule has 0 spiro atoms. The lowest BCUT2D eigenvalue weighted by Gasteiger charge is -2.31. The molecule has 0 heterocycles. The van der Waals surface area contributed by atoms with Gasteiger partial charge in [0.05, 0.1) is 0 Å². The molecular formula is C18H17FO. The summed E-state index contributed by atoms with van der Waals surface area (Å²) in [5.74, 6) is 0.0545. The summed E-state index contributed by atoms with van der Waals surface area (Å²) in [4.78, 5) is 0. The van der Waals surface area contributed by atoms with Gasteiger partial charge in [-0.1, -0.05) is 30.3 Å². The lowest BCUT2D eigenvalue weighted by atomic mass is 9.80. The van der Waals surface area contributed by atoms with Gasteiger partial charge in [0.1, 0.15) is 11.4 Å². The van der Waals surface area contributed by atoms with Crippen LogP contribution < -0.4 is 0 Å². The Kier molecular flexibility index (Phi) is 2.52. The normalized spacial score (nSPS) is 24.7. The molecule has 0 saturated heterocycles. The minimum Gasteiger partial charge on any atom is -0.380 e. The topological polar surface area (TPSA) is 20.2 Å². The first-order chi connectivity index (χ1) is 9.69. The second-order valence-corrected chi connectivity index (χ2v) is 6.00. The molecule has 1 N–H and O–H groups in total. The number of fused-ring (bicyclic) bond motifs is 2. The van der Waals surface area contributed by atoms with Crippen LogP contribution in [0.2, 0.25) is 0 Å². The third-order valence-electron chi connectivity index (χ3n) is 4.74. The average Bonchev–Trinajstić information content (AvgIpc) is 3.29. The Hall–Kier alpha value is -1.67. The van der Waals surface area contributed by atoms with Gasteiger partial charge in [0, 0.05) is 0 Å². The molecule has 20 heavy (non-hydrogen) atoms. The Balaban J connectivity index is 2.00. The highest BCUT2D eigenvalue weighted by Gasteiger charge is 2.49. The van der Waals surface area contributed by atoms with E-state index in [9.17, 15) is 9.50 Å². The molecule has 1 fully saturated rings. The molecule has 1 saturated carbocycles. The minimum atomic E-state index is -0.934. The van der Waals surface area contributed by atoms with Crippen LogP contribution in [0.3, 0.4) is 0 Å². The van der Waals surface area contributed by atoms with Crippen molar-refractivity contribution < 1.29 is 9.50 Å². The van der Waals surface area contributed by atoms with E-state index in [0.717, 1.165) is 42.4 Å². The van der Waals surface area contributed by atoms with Gasteiger partial charge in [-0.25, -0.2) is 4.39 Å². The van der Waals surface area contributed by atoms with E-state index in [-0.39, 0.29) is 11.7 Å². The maximum Gasteiger partial charge on any atom is 0.123 e. The molecule has 0 aromatic heterocycles. The van der Waals surface area contributed by atoms with Crippen LogP contribution >= 0.6 is 0 Å². The van der Waals surface area contributed by atoms with E-state index in [1.807, 2.05) is 18.2 Å². The van der Waals surface area contributed by atoms with Gasteiger partial charge in [-0.05, 0) is 66.0 Å². The predicted molar refractivity (Wildman–Crippen MR) is 76.0 cm³/mol. The lowest BCUT2D eigenvalue weighted by Crippen LogP contribution is -2.31. The molecule has 0 bridgehead atoms. The SMILES string of the molecule is OC1(C2CC2)c2ccccc2CCc2cc(F)ccc21. The zero-order chi connectivity index (χ0) is 13.7. The highest BCUT2D eigenvalue weighted by molar-refractivity contribution is 5.49. The van der Waals surface area contributed by atoms with Crippen LogP contribution in [-0.4, -0.2) is 5.11 Å². The molecule has 2 aromatic rings. The van der Waals surface area contributed by atoms with Crippen molar-refractivity contribution in [3.05, 3.63) is 70.5 Å². The average molecular weight is 268 g/mol. The summed E-state index contributed by atoms with van der Waals surface area (Å²) in [7, 11) is 0. The first-order valence-electron chi connectivity index (χ1n) is 7.29. The van der Waals surface area contributed by atoms with Crippen LogP contribution in [0.1, 0.15) is 35.1 Å². The number of benzene rings is 2. The van der Waals surface area contributed by atoms with Gasteiger partial charge in [0.25, 0.3) is 0 Å². The molecule has 1 nitrogen and oxygen atoms in total. The first-order valence-corrected chi connectivity index (χ1v) is 7.29. The van der Waals surface area contributed by atoms with Gasteiger partial charge in [-0.15, -0.1) is 0 Å². The minimum absolute atomic E-state index is 0.215. The predicted octanol–water partition coefficient (Wildman–Crippen LogP) is 3.57. The van der Waals surface area contributed by atoms with Crippen LogP contribution in [0.5, 0.6) is 0 Å². The molecular weight excluding hydrogens is 251 g/mol. The molecule has 102 valence electrons. The molecule has 2 aromatic carbocycles. The number of hydrogen-bond acceptors (Lipinski definition) is 1. The Labute approximate surface area is 118 Å². The lowest BCUT2D eigenvalue weighted by molar-refractivity contribution is 0.0557. The summed E-state index contributed by atoms with van der Waals surface area (Å²) in [6.07, 6.45) is 3.74. The summed E-state index contributed by atoms with van der Waals surface area (Å²) in [5, 5.41) is 11.5. The Morgan fingerprint density at radius 2 is 1.65 bits per heavy atom. The van der Waals surface area contributed by atoms with Crippen LogP contribution in [0.15, 0.2) is 42.5 Å². The third-order valence-corrected chi connectivity index (χ3v) is 4.74. The molecule has 2 heteroatoms. The summed E-state index contributed by atoms with van der Waals surface area (Å²) in [6.45, 7) is 0. The van der Waals surface area contributed by atoms with E-state index < -0.39 is 5.60 Å². The van der Waals surface area contributed by atoms with E-state index in [2.05, 4.69) is 6.07 Å². The number of halogens is 1. The quantitative estimate of drug-likeness (QED) is 0.838. The van der Waals surface area contributed by atoms with Crippen molar-refractivity contribution in [2.24, 2.45) is 5.92 Å². The maximum atomic E-state index is 13.5. The van der Waals surface area contributed by atoms with Crippen molar-refractivity contribution in [2.45, 2.75) is 31.3 Å². The standard InChI is InChI=1S/C18H17FO/c19-15-9-10-17-13(11-15)6-5-12-3-1-2-4-16(12)18(17,20)14-7-8-14/h1-4,9-11,14,20H,5-8H2. The second kappa shape index (κ2) is 4.16. The van der Waals surface area contributed by atoms with Crippen molar-refractivity contribution in [1.29, 1.82) is 0 Å².